The van der Waals surface area contributed by atoms with Crippen molar-refractivity contribution in [2.75, 3.05) is 7.11 Å². The summed E-state index contributed by atoms with van der Waals surface area (Å²) in [5, 5.41) is 1.35. The fraction of sp³-hybridized carbons (Fsp3) is 0.154. The molecule has 2 aromatic rings. The van der Waals surface area contributed by atoms with Crippen molar-refractivity contribution in [3.05, 3.63) is 41.7 Å². The maximum absolute atomic E-state index is 11.6. The van der Waals surface area contributed by atoms with Crippen LogP contribution in [0.1, 0.15) is 27.6 Å². The van der Waals surface area contributed by atoms with Crippen molar-refractivity contribution in [3.8, 4) is 0 Å². The number of hydrogen-bond acceptors (Lipinski definition) is 4. The molecule has 1 aromatic carbocycles. The molecule has 0 aliphatic rings. The van der Waals surface area contributed by atoms with Crippen LogP contribution in [0.4, 0.5) is 0 Å². The Bertz CT molecular complexity index is 605. The minimum absolute atomic E-state index is 0.0439. The number of aromatic nitrogens is 1. The molecule has 86 valence electrons. The van der Waals surface area contributed by atoms with Crippen molar-refractivity contribution in [2.24, 2.45) is 0 Å². The van der Waals surface area contributed by atoms with Crippen LogP contribution in [0.15, 0.2) is 30.6 Å². The molecule has 0 fully saturated rings. The number of nitrogens with zero attached hydrogens (tertiary/aromatic N) is 1. The standard InChI is InChI=1S/C13H11NO3/c1-8(15)9-3-4-11(13(16)17-2)12-7-14-6-5-10(9)12/h3-7H,1-2H3. The number of ketones is 1. The van der Waals surface area contributed by atoms with Crippen molar-refractivity contribution in [1.29, 1.82) is 0 Å². The summed E-state index contributed by atoms with van der Waals surface area (Å²) in [5.74, 6) is -0.476. The number of benzene rings is 1. The predicted molar refractivity (Wildman–Crippen MR) is 63.1 cm³/mol. The Morgan fingerprint density at radius 2 is 1.82 bits per heavy atom. The molecule has 4 heteroatoms. The van der Waals surface area contributed by atoms with E-state index >= 15 is 0 Å². The number of carbonyl (C=O) groups excluding carboxylic acids is 2. The third-order valence-electron chi connectivity index (χ3n) is 2.60. The van der Waals surface area contributed by atoms with Gasteiger partial charge in [-0.25, -0.2) is 4.79 Å². The molecule has 0 aliphatic heterocycles. The lowest BCUT2D eigenvalue weighted by Gasteiger charge is -2.07. The van der Waals surface area contributed by atoms with Gasteiger partial charge in [0.05, 0.1) is 12.7 Å². The van der Waals surface area contributed by atoms with Gasteiger partial charge in [0.15, 0.2) is 5.78 Å². The number of esters is 1. The molecule has 0 spiro atoms. The third-order valence-corrected chi connectivity index (χ3v) is 2.60. The molecule has 0 bridgehead atoms. The zero-order valence-electron chi connectivity index (χ0n) is 9.56. The van der Waals surface area contributed by atoms with Gasteiger partial charge in [-0.3, -0.25) is 9.78 Å². The van der Waals surface area contributed by atoms with Gasteiger partial charge in [0.1, 0.15) is 0 Å². The number of ether oxygens (including phenoxy) is 1. The molecule has 0 amide bonds. The number of rotatable bonds is 2. The lowest BCUT2D eigenvalue weighted by Crippen LogP contribution is -2.04. The van der Waals surface area contributed by atoms with Crippen molar-refractivity contribution < 1.29 is 14.3 Å². The lowest BCUT2D eigenvalue weighted by molar-refractivity contribution is 0.0602. The van der Waals surface area contributed by atoms with Gasteiger partial charge in [0.2, 0.25) is 0 Å². The fourth-order valence-corrected chi connectivity index (χ4v) is 1.79. The highest BCUT2D eigenvalue weighted by Gasteiger charge is 2.14. The second-order valence-electron chi connectivity index (χ2n) is 3.63. The summed E-state index contributed by atoms with van der Waals surface area (Å²) >= 11 is 0. The summed E-state index contributed by atoms with van der Waals surface area (Å²) in [6.45, 7) is 1.49. The zero-order valence-corrected chi connectivity index (χ0v) is 9.56. The van der Waals surface area contributed by atoms with Crippen molar-refractivity contribution in [3.63, 3.8) is 0 Å². The quantitative estimate of drug-likeness (QED) is 0.585. The summed E-state index contributed by atoms with van der Waals surface area (Å²) in [5.41, 5.74) is 0.996. The molecular weight excluding hydrogens is 218 g/mol. The molecule has 0 unspecified atom stereocenters. The second kappa shape index (κ2) is 4.33. The largest absolute Gasteiger partial charge is 0.465 e. The normalized spacial score (nSPS) is 10.2. The van der Waals surface area contributed by atoms with E-state index in [1.54, 1.807) is 30.6 Å². The van der Waals surface area contributed by atoms with E-state index < -0.39 is 5.97 Å². The number of methoxy groups -OCH3 is 1. The van der Waals surface area contributed by atoms with Crippen LogP contribution in [-0.4, -0.2) is 23.8 Å². The van der Waals surface area contributed by atoms with Crippen LogP contribution in [0.25, 0.3) is 10.8 Å². The summed E-state index contributed by atoms with van der Waals surface area (Å²) in [6.07, 6.45) is 3.16. The molecule has 1 aromatic heterocycles. The Labute approximate surface area is 98.2 Å². The summed E-state index contributed by atoms with van der Waals surface area (Å²) < 4.78 is 4.69. The summed E-state index contributed by atoms with van der Waals surface area (Å²) in [4.78, 5) is 27.0. The third kappa shape index (κ3) is 1.89. The van der Waals surface area contributed by atoms with Gasteiger partial charge in [0.25, 0.3) is 0 Å². The second-order valence-corrected chi connectivity index (χ2v) is 3.63. The molecule has 0 saturated heterocycles. The first kappa shape index (κ1) is 11.3. The van der Waals surface area contributed by atoms with Crippen LogP contribution < -0.4 is 0 Å². The van der Waals surface area contributed by atoms with E-state index in [1.165, 1.54) is 14.0 Å². The monoisotopic (exact) mass is 229 g/mol. The Kier molecular flexibility index (Phi) is 2.87. The molecule has 0 saturated carbocycles. The molecule has 17 heavy (non-hydrogen) atoms. The van der Waals surface area contributed by atoms with E-state index in [0.717, 1.165) is 5.39 Å². The first-order valence-electron chi connectivity index (χ1n) is 5.11. The molecule has 0 N–H and O–H groups in total. The van der Waals surface area contributed by atoms with Crippen LogP contribution >= 0.6 is 0 Å². The Morgan fingerprint density at radius 1 is 1.12 bits per heavy atom. The van der Waals surface area contributed by atoms with E-state index in [2.05, 4.69) is 4.98 Å². The molecule has 0 radical (unpaired) electrons. The highest BCUT2D eigenvalue weighted by atomic mass is 16.5. The minimum Gasteiger partial charge on any atom is -0.465 e. The van der Waals surface area contributed by atoms with E-state index in [-0.39, 0.29) is 5.78 Å². The minimum atomic E-state index is -0.432. The SMILES string of the molecule is COC(=O)c1ccc(C(C)=O)c2ccncc12. The number of carbonyl (C=O) groups is 2. The number of pyridine rings is 1. The zero-order chi connectivity index (χ0) is 12.4. The lowest BCUT2D eigenvalue weighted by atomic mass is 9.99. The number of fused-ring (bicyclic) bond motifs is 1. The summed E-state index contributed by atoms with van der Waals surface area (Å²) in [6, 6.07) is 4.95. The fourth-order valence-electron chi connectivity index (χ4n) is 1.79. The van der Waals surface area contributed by atoms with Gasteiger partial charge in [-0.1, -0.05) is 0 Å². The van der Waals surface area contributed by atoms with Gasteiger partial charge < -0.3 is 4.74 Å². The first-order chi connectivity index (χ1) is 8.15. The topological polar surface area (TPSA) is 56.3 Å². The Balaban J connectivity index is 2.79. The van der Waals surface area contributed by atoms with E-state index in [4.69, 9.17) is 4.74 Å². The van der Waals surface area contributed by atoms with Gasteiger partial charge in [0, 0.05) is 23.3 Å². The van der Waals surface area contributed by atoms with E-state index in [1.807, 2.05) is 0 Å². The van der Waals surface area contributed by atoms with Crippen LogP contribution in [-0.2, 0) is 4.74 Å². The van der Waals surface area contributed by atoms with Crippen LogP contribution in [0.2, 0.25) is 0 Å². The van der Waals surface area contributed by atoms with E-state index in [0.29, 0.717) is 16.5 Å². The molecule has 4 nitrogen and oxygen atoms in total. The van der Waals surface area contributed by atoms with Crippen LogP contribution in [0.5, 0.6) is 0 Å². The molecule has 0 aliphatic carbocycles. The van der Waals surface area contributed by atoms with Crippen LogP contribution in [0, 0.1) is 0 Å². The van der Waals surface area contributed by atoms with Gasteiger partial charge in [-0.05, 0) is 30.5 Å². The Morgan fingerprint density at radius 3 is 2.47 bits per heavy atom. The van der Waals surface area contributed by atoms with Crippen LogP contribution in [0.3, 0.4) is 0 Å². The first-order valence-corrected chi connectivity index (χ1v) is 5.11. The Hall–Kier alpha value is -2.23. The maximum atomic E-state index is 11.6. The average Bonchev–Trinajstić information content (AvgIpc) is 2.36. The van der Waals surface area contributed by atoms with Crippen molar-refractivity contribution in [1.82, 2.24) is 4.98 Å². The maximum Gasteiger partial charge on any atom is 0.338 e. The molecule has 2 rings (SSSR count). The molecule has 0 atom stereocenters. The highest BCUT2D eigenvalue weighted by Crippen LogP contribution is 2.22. The van der Waals surface area contributed by atoms with Gasteiger partial charge in [-0.15, -0.1) is 0 Å². The number of Topliss-reactive ketones (excluding diaryl/α,β-unsaturated/α-hetero) is 1. The van der Waals surface area contributed by atoms with Gasteiger partial charge >= 0.3 is 5.97 Å². The average molecular weight is 229 g/mol. The number of hydrogen-bond donors (Lipinski definition) is 0. The van der Waals surface area contributed by atoms with E-state index in [9.17, 15) is 9.59 Å². The summed E-state index contributed by atoms with van der Waals surface area (Å²) in [7, 11) is 1.32. The molecule has 1 heterocycles. The van der Waals surface area contributed by atoms with Crippen molar-refractivity contribution >= 4 is 22.5 Å². The smallest absolute Gasteiger partial charge is 0.338 e. The molecular formula is C13H11NO3. The predicted octanol–water partition coefficient (Wildman–Crippen LogP) is 2.22. The van der Waals surface area contributed by atoms with Gasteiger partial charge in [-0.2, -0.15) is 0 Å². The van der Waals surface area contributed by atoms with Crippen molar-refractivity contribution in [2.45, 2.75) is 6.92 Å². The highest BCUT2D eigenvalue weighted by molar-refractivity contribution is 6.12.